The number of rotatable bonds is 20. The van der Waals surface area contributed by atoms with Crippen LogP contribution >= 0.6 is 0 Å². The summed E-state index contributed by atoms with van der Waals surface area (Å²) in [6, 6.07) is 0. The molecule has 0 aromatic carbocycles. The Labute approximate surface area is 232 Å². The largest absolute Gasteiger partial charge is 0.469 e. The van der Waals surface area contributed by atoms with Gasteiger partial charge in [0.05, 0.1) is 26.4 Å². The van der Waals surface area contributed by atoms with Crippen LogP contribution in [0.5, 0.6) is 0 Å². The summed E-state index contributed by atoms with van der Waals surface area (Å²) in [7, 11) is 4.08. The SMILES string of the molecule is COC(=O)/C=C/CC/C=C/[C@H](OC)[C@H](O)[C@H](C)/C=C(/C)[C@H](O)[C@H](C)C(=O)CCC[C@H](CC(N)=O)CC(=O)OC. The second-order valence-corrected chi connectivity index (χ2v) is 9.80. The van der Waals surface area contributed by atoms with Gasteiger partial charge in [-0.15, -0.1) is 0 Å². The zero-order valence-corrected chi connectivity index (χ0v) is 24.1. The molecule has 4 N–H and O–H groups in total. The molecule has 0 aliphatic carbocycles. The highest BCUT2D eigenvalue weighted by Gasteiger charge is 2.26. The van der Waals surface area contributed by atoms with E-state index in [0.29, 0.717) is 31.3 Å². The lowest BCUT2D eigenvalue weighted by molar-refractivity contribution is -0.142. The highest BCUT2D eigenvalue weighted by atomic mass is 16.5. The maximum absolute atomic E-state index is 12.7. The molecule has 10 heteroatoms. The number of ether oxygens (including phenoxy) is 3. The van der Waals surface area contributed by atoms with E-state index >= 15 is 0 Å². The van der Waals surface area contributed by atoms with Crippen molar-refractivity contribution in [1.82, 2.24) is 0 Å². The minimum Gasteiger partial charge on any atom is -0.469 e. The number of Topliss-reactive ketones (excluding diaryl/α,β-unsaturated/α-hetero) is 1. The lowest BCUT2D eigenvalue weighted by Crippen LogP contribution is -2.32. The molecule has 0 aromatic rings. The minimum atomic E-state index is -1.03. The number of nitrogens with two attached hydrogens (primary N) is 1. The molecule has 0 aromatic heterocycles. The Balaban J connectivity index is 4.93. The quantitative estimate of drug-likeness (QED) is 0.0890. The average Bonchev–Trinajstić information content (AvgIpc) is 2.90. The van der Waals surface area contributed by atoms with Gasteiger partial charge in [-0.1, -0.05) is 38.2 Å². The number of carbonyl (C=O) groups excluding carboxylic acids is 4. The van der Waals surface area contributed by atoms with Gasteiger partial charge in [0.25, 0.3) is 0 Å². The predicted molar refractivity (Wildman–Crippen MR) is 147 cm³/mol. The van der Waals surface area contributed by atoms with Gasteiger partial charge >= 0.3 is 11.9 Å². The summed E-state index contributed by atoms with van der Waals surface area (Å²) in [4.78, 5) is 46.6. The second-order valence-electron chi connectivity index (χ2n) is 9.80. The van der Waals surface area contributed by atoms with Gasteiger partial charge in [0, 0.05) is 44.3 Å². The van der Waals surface area contributed by atoms with Crippen LogP contribution in [0.4, 0.5) is 0 Å². The fourth-order valence-corrected chi connectivity index (χ4v) is 4.16. The Kier molecular flexibility index (Phi) is 18.7. The number of aliphatic hydroxyl groups excluding tert-OH is 2. The van der Waals surface area contributed by atoms with E-state index < -0.39 is 42.1 Å². The summed E-state index contributed by atoms with van der Waals surface area (Å²) in [6.07, 6.45) is 8.36. The van der Waals surface area contributed by atoms with Crippen molar-refractivity contribution in [3.63, 3.8) is 0 Å². The first-order valence-electron chi connectivity index (χ1n) is 13.2. The van der Waals surface area contributed by atoms with Crippen molar-refractivity contribution in [3.05, 3.63) is 36.0 Å². The van der Waals surface area contributed by atoms with Crippen molar-refractivity contribution in [2.24, 2.45) is 23.5 Å². The van der Waals surface area contributed by atoms with E-state index in [-0.39, 0.29) is 36.9 Å². The fraction of sp³-hybridized carbons (Fsp3) is 0.655. The zero-order valence-electron chi connectivity index (χ0n) is 24.1. The van der Waals surface area contributed by atoms with Crippen molar-refractivity contribution < 1.29 is 43.6 Å². The summed E-state index contributed by atoms with van der Waals surface area (Å²) in [5.74, 6) is -2.85. The molecular formula is C29H47NO9. The molecule has 0 unspecified atom stereocenters. The molecule has 0 spiro atoms. The fourth-order valence-electron chi connectivity index (χ4n) is 4.16. The van der Waals surface area contributed by atoms with E-state index in [0.717, 1.165) is 0 Å². The molecule has 1 amide bonds. The molecule has 10 nitrogen and oxygen atoms in total. The summed E-state index contributed by atoms with van der Waals surface area (Å²) in [5.41, 5.74) is 5.82. The van der Waals surface area contributed by atoms with E-state index in [1.54, 1.807) is 39.0 Å². The Hall–Kier alpha value is -2.82. The van der Waals surface area contributed by atoms with Gasteiger partial charge in [-0.3, -0.25) is 14.4 Å². The number of ketones is 1. The van der Waals surface area contributed by atoms with E-state index in [2.05, 4.69) is 9.47 Å². The van der Waals surface area contributed by atoms with Crippen LogP contribution in [0.2, 0.25) is 0 Å². The number of esters is 2. The molecule has 6 atom stereocenters. The van der Waals surface area contributed by atoms with Crippen LogP contribution in [-0.4, -0.2) is 73.5 Å². The number of amides is 1. The molecule has 0 saturated carbocycles. The minimum absolute atomic E-state index is 0.0353. The molecule has 0 saturated heterocycles. The number of carbonyl (C=O) groups is 4. The van der Waals surface area contributed by atoms with E-state index in [4.69, 9.17) is 10.5 Å². The van der Waals surface area contributed by atoms with Gasteiger partial charge in [-0.05, 0) is 44.1 Å². The highest BCUT2D eigenvalue weighted by Crippen LogP contribution is 2.23. The normalized spacial score (nSPS) is 16.9. The smallest absolute Gasteiger partial charge is 0.330 e. The maximum Gasteiger partial charge on any atom is 0.330 e. The Morgan fingerprint density at radius 3 is 2.15 bits per heavy atom. The van der Waals surface area contributed by atoms with Crippen LogP contribution in [0, 0.1) is 17.8 Å². The number of unbranched alkanes of at least 4 members (excludes halogenated alkanes) is 1. The Morgan fingerprint density at radius 2 is 1.59 bits per heavy atom. The van der Waals surface area contributed by atoms with Crippen molar-refractivity contribution >= 4 is 23.6 Å². The Bertz CT molecular complexity index is 865. The number of allylic oxidation sites excluding steroid dienone is 2. The molecule has 0 rings (SSSR count). The molecule has 39 heavy (non-hydrogen) atoms. The van der Waals surface area contributed by atoms with Crippen LogP contribution in [0.25, 0.3) is 0 Å². The summed E-state index contributed by atoms with van der Waals surface area (Å²) < 4.78 is 14.6. The second kappa shape index (κ2) is 20.1. The molecular weight excluding hydrogens is 506 g/mol. The molecule has 0 aliphatic rings. The maximum atomic E-state index is 12.7. The highest BCUT2D eigenvalue weighted by molar-refractivity contribution is 5.82. The van der Waals surface area contributed by atoms with Gasteiger partial charge in [-0.2, -0.15) is 0 Å². The van der Waals surface area contributed by atoms with E-state index in [1.807, 2.05) is 6.08 Å². The zero-order chi connectivity index (χ0) is 30.0. The topological polar surface area (TPSA) is 162 Å². The van der Waals surface area contributed by atoms with Crippen LogP contribution in [0.1, 0.15) is 65.7 Å². The standard InChI is InChI=1S/C29H47NO9/c1-19(16-20(2)29(36)24(37-4)14-9-7-8-10-15-26(33)38-5)28(35)21(3)23(31)13-11-12-22(17-25(30)32)18-27(34)39-6/h9-10,14-16,20-22,24,28-29,35-36H,7-8,11-13,17-18H2,1-6H3,(H2,30,32)/b14-9+,15-10+,19-16-/t20-,21-,22-,24+,28+,29-/m1/s1. The first-order valence-corrected chi connectivity index (χ1v) is 13.2. The predicted octanol–water partition coefficient (Wildman–Crippen LogP) is 2.80. The van der Waals surface area contributed by atoms with E-state index in [9.17, 15) is 29.4 Å². The first-order chi connectivity index (χ1) is 18.4. The lowest BCUT2D eigenvalue weighted by Gasteiger charge is -2.25. The van der Waals surface area contributed by atoms with Gasteiger partial charge in [0.15, 0.2) is 0 Å². The van der Waals surface area contributed by atoms with Crippen molar-refractivity contribution in [3.8, 4) is 0 Å². The van der Waals surface area contributed by atoms with Gasteiger partial charge in [0.2, 0.25) is 5.91 Å². The van der Waals surface area contributed by atoms with Crippen LogP contribution in [-0.2, 0) is 33.4 Å². The summed E-state index contributed by atoms with van der Waals surface area (Å²) in [5, 5.41) is 21.5. The lowest BCUT2D eigenvalue weighted by atomic mass is 9.87. The van der Waals surface area contributed by atoms with Crippen LogP contribution < -0.4 is 5.73 Å². The summed E-state index contributed by atoms with van der Waals surface area (Å²) in [6.45, 7) is 5.16. The number of aliphatic hydroxyl groups is 2. The first kappa shape index (κ1) is 36.2. The molecule has 0 heterocycles. The van der Waals surface area contributed by atoms with Gasteiger partial charge in [0.1, 0.15) is 11.9 Å². The average molecular weight is 554 g/mol. The molecule has 0 aliphatic heterocycles. The molecule has 222 valence electrons. The number of hydrogen-bond acceptors (Lipinski definition) is 9. The van der Waals surface area contributed by atoms with Crippen LogP contribution in [0.3, 0.4) is 0 Å². The number of primary amides is 1. The van der Waals surface area contributed by atoms with Gasteiger partial charge < -0.3 is 30.2 Å². The third-order valence-electron chi connectivity index (χ3n) is 6.61. The third-order valence-corrected chi connectivity index (χ3v) is 6.61. The molecule has 0 radical (unpaired) electrons. The molecule has 0 bridgehead atoms. The number of methoxy groups -OCH3 is 3. The third kappa shape index (κ3) is 15.4. The van der Waals surface area contributed by atoms with Crippen LogP contribution in [0.15, 0.2) is 36.0 Å². The Morgan fingerprint density at radius 1 is 0.949 bits per heavy atom. The van der Waals surface area contributed by atoms with Crippen molar-refractivity contribution in [1.29, 1.82) is 0 Å². The number of hydrogen-bond donors (Lipinski definition) is 3. The van der Waals surface area contributed by atoms with Crippen molar-refractivity contribution in [2.45, 2.75) is 84.0 Å². The summed E-state index contributed by atoms with van der Waals surface area (Å²) >= 11 is 0. The van der Waals surface area contributed by atoms with E-state index in [1.165, 1.54) is 27.4 Å². The monoisotopic (exact) mass is 553 g/mol. The molecule has 0 fully saturated rings. The van der Waals surface area contributed by atoms with Crippen molar-refractivity contribution in [2.75, 3.05) is 21.3 Å². The van der Waals surface area contributed by atoms with Gasteiger partial charge in [-0.25, -0.2) is 4.79 Å².